The standard InChI is InChI=1S/C21H32N4OS2.HI/c1-3-22-20(24-16-21(2,26)19-9-6-12-28-19)23-13-17-7-4-10-25(14-17)15-18-8-5-11-27-18;/h5-6,8-9,11-12,17,26H,3-4,7,10,13-16H2,1-2H3,(H2,22,23,24);1H. The summed E-state index contributed by atoms with van der Waals surface area (Å²) in [6.45, 7) is 9.33. The highest BCUT2D eigenvalue weighted by Crippen LogP contribution is 2.25. The zero-order valence-electron chi connectivity index (χ0n) is 17.3. The van der Waals surface area contributed by atoms with Gasteiger partial charge in [-0.2, -0.15) is 0 Å². The molecular formula is C21H33IN4OS2. The molecule has 3 rings (SSSR count). The molecule has 3 N–H and O–H groups in total. The van der Waals surface area contributed by atoms with Crippen molar-refractivity contribution in [2.24, 2.45) is 10.9 Å². The number of guanidine groups is 1. The van der Waals surface area contributed by atoms with Crippen LogP contribution in [-0.4, -0.2) is 48.7 Å². The van der Waals surface area contributed by atoms with Crippen molar-refractivity contribution < 1.29 is 5.11 Å². The van der Waals surface area contributed by atoms with E-state index in [1.807, 2.05) is 35.8 Å². The summed E-state index contributed by atoms with van der Waals surface area (Å²) in [7, 11) is 0. The van der Waals surface area contributed by atoms with Crippen LogP contribution in [0.2, 0.25) is 0 Å². The lowest BCUT2D eigenvalue weighted by Gasteiger charge is -2.32. The quantitative estimate of drug-likeness (QED) is 0.264. The number of halogens is 1. The smallest absolute Gasteiger partial charge is 0.191 e. The first-order valence-corrected chi connectivity index (χ1v) is 11.9. The number of rotatable bonds is 8. The van der Waals surface area contributed by atoms with Gasteiger partial charge in [0.1, 0.15) is 5.60 Å². The van der Waals surface area contributed by atoms with Crippen LogP contribution in [0, 0.1) is 5.92 Å². The molecule has 0 bridgehead atoms. The normalized spacial score (nSPS) is 20.0. The molecule has 2 atom stereocenters. The Labute approximate surface area is 199 Å². The number of nitrogens with zero attached hydrogens (tertiary/aromatic N) is 2. The third-order valence-electron chi connectivity index (χ3n) is 5.06. The Morgan fingerprint density at radius 3 is 2.76 bits per heavy atom. The number of hydrogen-bond acceptors (Lipinski definition) is 5. The van der Waals surface area contributed by atoms with Crippen molar-refractivity contribution in [1.82, 2.24) is 15.5 Å². The van der Waals surface area contributed by atoms with Crippen LogP contribution >= 0.6 is 46.7 Å². The van der Waals surface area contributed by atoms with Crippen LogP contribution < -0.4 is 10.6 Å². The summed E-state index contributed by atoms with van der Waals surface area (Å²) in [6, 6.07) is 8.28. The van der Waals surface area contributed by atoms with Crippen molar-refractivity contribution in [1.29, 1.82) is 0 Å². The minimum atomic E-state index is -0.932. The van der Waals surface area contributed by atoms with Gasteiger partial charge >= 0.3 is 0 Å². The van der Waals surface area contributed by atoms with E-state index in [9.17, 15) is 5.11 Å². The maximum Gasteiger partial charge on any atom is 0.191 e. The van der Waals surface area contributed by atoms with Gasteiger partial charge in [-0.15, -0.1) is 46.7 Å². The Morgan fingerprint density at radius 2 is 2.07 bits per heavy atom. The van der Waals surface area contributed by atoms with Gasteiger partial charge in [0.05, 0.1) is 6.54 Å². The molecule has 1 aliphatic heterocycles. The summed E-state index contributed by atoms with van der Waals surface area (Å²) in [5.74, 6) is 1.41. The summed E-state index contributed by atoms with van der Waals surface area (Å²) in [5, 5.41) is 21.7. The zero-order chi connectivity index (χ0) is 19.8. The van der Waals surface area contributed by atoms with E-state index in [0.717, 1.165) is 37.0 Å². The lowest BCUT2D eigenvalue weighted by Crippen LogP contribution is -2.44. The average molecular weight is 549 g/mol. The second kappa shape index (κ2) is 12.2. The fraction of sp³-hybridized carbons (Fsp3) is 0.571. The fourth-order valence-electron chi connectivity index (χ4n) is 3.56. The summed E-state index contributed by atoms with van der Waals surface area (Å²) in [5.41, 5.74) is -0.932. The molecule has 2 aromatic heterocycles. The second-order valence-corrected chi connectivity index (χ2v) is 9.63. The summed E-state index contributed by atoms with van der Waals surface area (Å²) >= 11 is 3.41. The first-order valence-electron chi connectivity index (χ1n) is 10.1. The van der Waals surface area contributed by atoms with Crippen LogP contribution in [0.5, 0.6) is 0 Å². The summed E-state index contributed by atoms with van der Waals surface area (Å²) in [6.07, 6.45) is 2.50. The van der Waals surface area contributed by atoms with Crippen LogP contribution in [0.15, 0.2) is 40.0 Å². The van der Waals surface area contributed by atoms with Crippen LogP contribution in [0.3, 0.4) is 0 Å². The molecule has 0 spiro atoms. The van der Waals surface area contributed by atoms with E-state index in [2.05, 4.69) is 45.0 Å². The molecule has 1 aliphatic rings. The Kier molecular flexibility index (Phi) is 10.4. The van der Waals surface area contributed by atoms with Gasteiger partial charge in [-0.25, -0.2) is 4.99 Å². The molecule has 0 aromatic carbocycles. The van der Waals surface area contributed by atoms with Crippen molar-refractivity contribution >= 4 is 52.6 Å². The van der Waals surface area contributed by atoms with Gasteiger partial charge in [0.25, 0.3) is 0 Å². The van der Waals surface area contributed by atoms with Crippen molar-refractivity contribution in [2.75, 3.05) is 32.7 Å². The van der Waals surface area contributed by atoms with E-state index in [1.54, 1.807) is 11.3 Å². The number of aliphatic hydroxyl groups is 1. The molecule has 0 radical (unpaired) electrons. The summed E-state index contributed by atoms with van der Waals surface area (Å²) in [4.78, 5) is 9.60. The van der Waals surface area contributed by atoms with Gasteiger partial charge in [-0.05, 0) is 62.0 Å². The van der Waals surface area contributed by atoms with Crippen molar-refractivity contribution in [3.63, 3.8) is 0 Å². The predicted molar refractivity (Wildman–Crippen MR) is 136 cm³/mol. The van der Waals surface area contributed by atoms with E-state index in [4.69, 9.17) is 0 Å². The van der Waals surface area contributed by atoms with Gasteiger partial charge in [-0.3, -0.25) is 4.90 Å². The van der Waals surface area contributed by atoms with E-state index in [0.29, 0.717) is 12.5 Å². The topological polar surface area (TPSA) is 59.9 Å². The maximum atomic E-state index is 10.7. The van der Waals surface area contributed by atoms with Crippen LogP contribution in [0.1, 0.15) is 36.4 Å². The molecule has 1 saturated heterocycles. The summed E-state index contributed by atoms with van der Waals surface area (Å²) < 4.78 is 0. The van der Waals surface area contributed by atoms with Gasteiger partial charge in [-0.1, -0.05) is 12.1 Å². The molecule has 8 heteroatoms. The van der Waals surface area contributed by atoms with Crippen molar-refractivity contribution in [3.05, 3.63) is 44.8 Å². The number of hydrogen-bond donors (Lipinski definition) is 3. The first-order chi connectivity index (χ1) is 13.6. The minimum absolute atomic E-state index is 0. The second-order valence-electron chi connectivity index (χ2n) is 7.65. The average Bonchev–Trinajstić information content (AvgIpc) is 3.39. The highest BCUT2D eigenvalue weighted by Gasteiger charge is 2.24. The molecule has 2 unspecified atom stereocenters. The maximum absolute atomic E-state index is 10.7. The van der Waals surface area contributed by atoms with Gasteiger partial charge in [0.2, 0.25) is 0 Å². The Hall–Kier alpha value is -0.680. The fourth-order valence-corrected chi connectivity index (χ4v) is 5.09. The van der Waals surface area contributed by atoms with Crippen LogP contribution in [0.4, 0.5) is 0 Å². The molecule has 0 amide bonds. The number of aliphatic imine (C=N–C) groups is 1. The van der Waals surface area contributed by atoms with Gasteiger partial charge in [0, 0.05) is 35.9 Å². The highest BCUT2D eigenvalue weighted by atomic mass is 127. The van der Waals surface area contributed by atoms with E-state index >= 15 is 0 Å². The van der Waals surface area contributed by atoms with E-state index in [-0.39, 0.29) is 24.0 Å². The van der Waals surface area contributed by atoms with Crippen LogP contribution in [-0.2, 0) is 12.1 Å². The van der Waals surface area contributed by atoms with Crippen molar-refractivity contribution in [3.8, 4) is 0 Å². The minimum Gasteiger partial charge on any atom is -0.383 e. The molecule has 29 heavy (non-hydrogen) atoms. The first kappa shape index (κ1) is 24.6. The monoisotopic (exact) mass is 548 g/mol. The van der Waals surface area contributed by atoms with E-state index < -0.39 is 5.60 Å². The lowest BCUT2D eigenvalue weighted by atomic mass is 9.98. The van der Waals surface area contributed by atoms with Crippen LogP contribution in [0.25, 0.3) is 0 Å². The number of piperidine rings is 1. The number of nitrogens with one attached hydrogen (secondary N) is 2. The molecule has 162 valence electrons. The third-order valence-corrected chi connectivity index (χ3v) is 7.05. The Bertz CT molecular complexity index is 719. The van der Waals surface area contributed by atoms with E-state index in [1.165, 1.54) is 24.3 Å². The lowest BCUT2D eigenvalue weighted by molar-refractivity contribution is 0.0711. The Balaban J connectivity index is 0.00000300. The molecular weight excluding hydrogens is 515 g/mol. The molecule has 1 fully saturated rings. The van der Waals surface area contributed by atoms with Gasteiger partial charge in [0.15, 0.2) is 5.96 Å². The molecule has 5 nitrogen and oxygen atoms in total. The third kappa shape index (κ3) is 7.82. The largest absolute Gasteiger partial charge is 0.383 e. The SMILES string of the molecule is CCNC(=NCC(C)(O)c1cccs1)NCC1CCCN(Cc2cccs2)C1.I. The zero-order valence-corrected chi connectivity index (χ0v) is 21.2. The molecule has 0 saturated carbocycles. The molecule has 3 heterocycles. The highest BCUT2D eigenvalue weighted by molar-refractivity contribution is 14.0. The Morgan fingerprint density at radius 1 is 1.28 bits per heavy atom. The molecule has 2 aromatic rings. The predicted octanol–water partition coefficient (Wildman–Crippen LogP) is 4.10. The van der Waals surface area contributed by atoms with Gasteiger partial charge < -0.3 is 15.7 Å². The molecule has 0 aliphatic carbocycles. The number of thiophene rings is 2. The van der Waals surface area contributed by atoms with Crippen molar-refractivity contribution in [2.45, 2.75) is 38.8 Å². The number of likely N-dealkylation sites (tertiary alicyclic amines) is 1.